The van der Waals surface area contributed by atoms with Crippen molar-refractivity contribution in [2.75, 3.05) is 0 Å². The van der Waals surface area contributed by atoms with E-state index in [0.29, 0.717) is 0 Å². The van der Waals surface area contributed by atoms with Gasteiger partial charge >= 0.3 is 41.5 Å². The summed E-state index contributed by atoms with van der Waals surface area (Å²) in [5.74, 6) is -1.25. The fraction of sp³-hybridized carbons (Fsp3) is 0.667. The van der Waals surface area contributed by atoms with Crippen LogP contribution in [0.2, 0.25) is 0 Å². The predicted octanol–water partition coefficient (Wildman–Crippen LogP) is -2.15. The average Bonchev–Trinajstić information content (AvgIpc) is 1.63. The Labute approximate surface area is 83.9 Å². The van der Waals surface area contributed by atoms with Gasteiger partial charge in [0.15, 0.2) is 0 Å². The minimum absolute atomic E-state index is 0. The number of rotatable bonds is 1. The molecule has 0 bridgehead atoms. The second kappa shape index (κ2) is 5.89. The molecule has 0 heterocycles. The van der Waals surface area contributed by atoms with E-state index < -0.39 is 11.9 Å². The number of hydrogen-bond acceptors (Lipinski definition) is 3. The van der Waals surface area contributed by atoms with Gasteiger partial charge in [-0.05, 0) is 0 Å². The van der Waals surface area contributed by atoms with Crippen LogP contribution in [-0.2, 0) is 14.3 Å². The molecule has 0 aromatic rings. The van der Waals surface area contributed by atoms with Crippen LogP contribution in [0.1, 0.15) is 22.2 Å². The molecular weight excluding hydrogens is 143 g/mol. The van der Waals surface area contributed by atoms with Crippen LogP contribution >= 0.6 is 0 Å². The van der Waals surface area contributed by atoms with Crippen molar-refractivity contribution in [2.45, 2.75) is 20.8 Å². The summed E-state index contributed by atoms with van der Waals surface area (Å²) in [7, 11) is 0. The van der Waals surface area contributed by atoms with Crippen molar-refractivity contribution in [3.05, 3.63) is 0 Å². The first-order valence-electron chi connectivity index (χ1n) is 2.76. The van der Waals surface area contributed by atoms with Gasteiger partial charge in [0.1, 0.15) is 0 Å². The molecule has 0 aromatic heterocycles. The zero-order chi connectivity index (χ0) is 7.44. The molecule has 0 aromatic carbocycles. The number of carbonyl (C=O) groups is 2. The van der Waals surface area contributed by atoms with Crippen LogP contribution in [0, 0.1) is 5.92 Å². The number of carbonyl (C=O) groups excluding carboxylic acids is 2. The van der Waals surface area contributed by atoms with Crippen LogP contribution in [0.4, 0.5) is 0 Å². The molecule has 0 aliphatic carbocycles. The van der Waals surface area contributed by atoms with Gasteiger partial charge in [-0.15, -0.1) is 0 Å². The summed E-state index contributed by atoms with van der Waals surface area (Å²) in [5, 5.41) is 0. The molecule has 0 aliphatic heterocycles. The maximum absolute atomic E-state index is 10.5. The fourth-order valence-corrected chi connectivity index (χ4v) is 0.260. The molecule has 0 spiro atoms. The van der Waals surface area contributed by atoms with Crippen LogP contribution in [0.5, 0.6) is 0 Å². The Kier molecular flexibility index (Phi) is 7.53. The van der Waals surface area contributed by atoms with Crippen molar-refractivity contribution in [1.29, 1.82) is 0 Å². The maximum atomic E-state index is 10.5. The van der Waals surface area contributed by atoms with Gasteiger partial charge in [0, 0.05) is 6.92 Å². The third kappa shape index (κ3) is 6.26. The van der Waals surface area contributed by atoms with Gasteiger partial charge in [0.05, 0.1) is 5.92 Å². The topological polar surface area (TPSA) is 43.4 Å². The zero-order valence-corrected chi connectivity index (χ0v) is 8.80. The standard InChI is InChI=1S/C6H10O3.Na.H/c1-4(2)6(8)9-5(3)7;;/h4H,1-3H3;;/q;+1;-1. The molecule has 0 fully saturated rings. The molecule has 4 heteroatoms. The second-order valence-electron chi connectivity index (χ2n) is 2.07. The molecule has 0 N–H and O–H groups in total. The van der Waals surface area contributed by atoms with Crippen LogP contribution in [0.15, 0.2) is 0 Å². The largest absolute Gasteiger partial charge is 1.00 e. The summed E-state index contributed by atoms with van der Waals surface area (Å²) in [6, 6.07) is 0. The normalized spacial score (nSPS) is 8.40. The van der Waals surface area contributed by atoms with E-state index >= 15 is 0 Å². The van der Waals surface area contributed by atoms with E-state index in [-0.39, 0.29) is 36.9 Å². The molecule has 0 saturated carbocycles. The minimum atomic E-state index is -0.547. The van der Waals surface area contributed by atoms with E-state index in [1.54, 1.807) is 13.8 Å². The Hall–Kier alpha value is 0.140. The first-order valence-corrected chi connectivity index (χ1v) is 2.76. The summed E-state index contributed by atoms with van der Waals surface area (Å²) >= 11 is 0. The molecule has 54 valence electrons. The number of hydrogen-bond donors (Lipinski definition) is 0. The Bertz CT molecular complexity index is 136. The van der Waals surface area contributed by atoms with Crippen molar-refractivity contribution < 1.29 is 45.3 Å². The molecule has 0 amide bonds. The van der Waals surface area contributed by atoms with E-state index in [0.717, 1.165) is 0 Å². The Balaban J connectivity index is -0.000000320. The van der Waals surface area contributed by atoms with Gasteiger partial charge in [0.2, 0.25) is 0 Å². The molecule has 0 saturated heterocycles. The van der Waals surface area contributed by atoms with Gasteiger partial charge in [-0.3, -0.25) is 9.59 Å². The quantitative estimate of drug-likeness (QED) is 0.246. The Morgan fingerprint density at radius 1 is 1.40 bits per heavy atom. The van der Waals surface area contributed by atoms with E-state index in [1.165, 1.54) is 6.92 Å². The molecule has 0 atom stereocenters. The molecule has 0 aliphatic rings. The van der Waals surface area contributed by atoms with Gasteiger partial charge in [-0.25, -0.2) is 0 Å². The van der Waals surface area contributed by atoms with E-state index in [9.17, 15) is 9.59 Å². The molecule has 0 rings (SSSR count). The van der Waals surface area contributed by atoms with E-state index in [4.69, 9.17) is 0 Å². The first kappa shape index (κ1) is 12.8. The van der Waals surface area contributed by atoms with E-state index in [2.05, 4.69) is 4.74 Å². The molecule has 3 nitrogen and oxygen atoms in total. The van der Waals surface area contributed by atoms with Crippen molar-refractivity contribution >= 4 is 11.9 Å². The summed E-state index contributed by atoms with van der Waals surface area (Å²) in [6.07, 6.45) is 0. The van der Waals surface area contributed by atoms with Crippen LogP contribution in [0.25, 0.3) is 0 Å². The van der Waals surface area contributed by atoms with Crippen molar-refractivity contribution in [3.8, 4) is 0 Å². The van der Waals surface area contributed by atoms with Crippen LogP contribution < -0.4 is 29.6 Å². The third-order valence-electron chi connectivity index (χ3n) is 0.716. The summed E-state index contributed by atoms with van der Waals surface area (Å²) in [5.41, 5.74) is 0. The van der Waals surface area contributed by atoms with Gasteiger partial charge < -0.3 is 6.16 Å². The van der Waals surface area contributed by atoms with Crippen molar-refractivity contribution in [2.24, 2.45) is 5.92 Å². The number of ether oxygens (including phenoxy) is 1. The summed E-state index contributed by atoms with van der Waals surface area (Å²) in [4.78, 5) is 20.6. The van der Waals surface area contributed by atoms with E-state index in [1.807, 2.05) is 0 Å². The van der Waals surface area contributed by atoms with Gasteiger partial charge in [-0.2, -0.15) is 0 Å². The summed E-state index contributed by atoms with van der Waals surface area (Å²) in [6.45, 7) is 4.55. The number of esters is 2. The first-order chi connectivity index (χ1) is 4.04. The Morgan fingerprint density at radius 3 is 1.90 bits per heavy atom. The van der Waals surface area contributed by atoms with Crippen molar-refractivity contribution in [1.82, 2.24) is 0 Å². The zero-order valence-electron chi connectivity index (χ0n) is 7.80. The molecular formula is C6H11NaO3. The smallest absolute Gasteiger partial charge is 1.00 e. The van der Waals surface area contributed by atoms with Crippen LogP contribution in [-0.4, -0.2) is 11.9 Å². The van der Waals surface area contributed by atoms with Crippen LogP contribution in [0.3, 0.4) is 0 Å². The SMILES string of the molecule is CC(=O)OC(=O)C(C)C.[H-].[Na+]. The van der Waals surface area contributed by atoms with Crippen molar-refractivity contribution in [3.63, 3.8) is 0 Å². The molecule has 0 radical (unpaired) electrons. The van der Waals surface area contributed by atoms with Gasteiger partial charge in [-0.1, -0.05) is 13.8 Å². The maximum Gasteiger partial charge on any atom is 1.00 e. The Morgan fingerprint density at radius 2 is 1.80 bits per heavy atom. The fourth-order valence-electron chi connectivity index (χ4n) is 0.260. The monoisotopic (exact) mass is 154 g/mol. The third-order valence-corrected chi connectivity index (χ3v) is 0.716. The predicted molar refractivity (Wildman–Crippen MR) is 32.7 cm³/mol. The molecule has 0 unspecified atom stereocenters. The summed E-state index contributed by atoms with van der Waals surface area (Å²) < 4.78 is 4.23. The average molecular weight is 154 g/mol. The minimum Gasteiger partial charge on any atom is -1.00 e. The molecule has 10 heavy (non-hydrogen) atoms. The van der Waals surface area contributed by atoms with Gasteiger partial charge in [0.25, 0.3) is 0 Å². The second-order valence-corrected chi connectivity index (χ2v) is 2.07.